The quantitative estimate of drug-likeness (QED) is 0.345. The predicted octanol–water partition coefficient (Wildman–Crippen LogP) is 2.04. The molecule has 3 heterocycles. The van der Waals surface area contributed by atoms with E-state index < -0.39 is 21.2 Å². The third kappa shape index (κ3) is 3.30. The van der Waals surface area contributed by atoms with E-state index in [4.69, 9.17) is 4.74 Å². The van der Waals surface area contributed by atoms with E-state index in [-0.39, 0.29) is 12.2 Å². The normalized spacial score (nSPS) is 10.9. The molecule has 13 nitrogen and oxygen atoms in total. The molecule has 0 fully saturated rings. The molecule has 3 aromatic heterocycles. The highest BCUT2D eigenvalue weighted by molar-refractivity contribution is 7.19. The zero-order chi connectivity index (χ0) is 19.7. The lowest BCUT2D eigenvalue weighted by Gasteiger charge is -2.01. The van der Waals surface area contributed by atoms with Gasteiger partial charge in [-0.3, -0.25) is 25.2 Å². The topological polar surface area (TPSA) is 164 Å². The Morgan fingerprint density at radius 2 is 1.82 bits per heavy atom. The highest BCUT2D eigenvalue weighted by Gasteiger charge is 2.20. The number of hydrogen-bond acceptors (Lipinski definition) is 11. The summed E-state index contributed by atoms with van der Waals surface area (Å²) in [7, 11) is 0. The lowest BCUT2D eigenvalue weighted by Crippen LogP contribution is -2.03. The van der Waals surface area contributed by atoms with Crippen molar-refractivity contribution >= 4 is 27.7 Å². The van der Waals surface area contributed by atoms with E-state index in [0.717, 1.165) is 17.4 Å². The summed E-state index contributed by atoms with van der Waals surface area (Å²) >= 11 is 1.08. The summed E-state index contributed by atoms with van der Waals surface area (Å²) in [5.74, 6) is 0.659. The first-order valence-corrected chi connectivity index (χ1v) is 8.37. The molecule has 0 saturated carbocycles. The molecule has 140 valence electrons. The van der Waals surface area contributed by atoms with Crippen molar-refractivity contribution in [3.63, 3.8) is 0 Å². The van der Waals surface area contributed by atoms with Gasteiger partial charge in [-0.2, -0.15) is 9.61 Å². The second kappa shape index (κ2) is 6.92. The van der Waals surface area contributed by atoms with Crippen LogP contribution >= 0.6 is 11.3 Å². The van der Waals surface area contributed by atoms with Crippen molar-refractivity contribution in [1.82, 2.24) is 29.8 Å². The summed E-state index contributed by atoms with van der Waals surface area (Å²) in [6, 6.07) is 3.33. The summed E-state index contributed by atoms with van der Waals surface area (Å²) in [4.78, 5) is 29.0. The highest BCUT2D eigenvalue weighted by atomic mass is 32.1. The predicted molar refractivity (Wildman–Crippen MR) is 93.8 cm³/mol. The lowest BCUT2D eigenvalue weighted by molar-refractivity contribution is -0.394. The van der Waals surface area contributed by atoms with E-state index >= 15 is 0 Å². The van der Waals surface area contributed by atoms with Crippen LogP contribution in [0.2, 0.25) is 0 Å². The molecule has 0 bridgehead atoms. The number of nitro groups is 2. The summed E-state index contributed by atoms with van der Waals surface area (Å²) in [5, 5.41) is 34.7. The SMILES string of the molecule is O=[N+]([O-])c1cc(-c2nn3c(COc4cnccn4)nnc3s2)cc([N+](=O)[O-])c1. The van der Waals surface area contributed by atoms with Crippen LogP contribution in [0, 0.1) is 20.2 Å². The monoisotopic (exact) mass is 400 g/mol. The molecule has 0 atom stereocenters. The molecule has 0 spiro atoms. The molecular formula is C14H8N8O5S. The second-order valence-corrected chi connectivity index (χ2v) is 6.26. The number of ether oxygens (including phenoxy) is 1. The largest absolute Gasteiger partial charge is 0.468 e. The van der Waals surface area contributed by atoms with Crippen molar-refractivity contribution in [2.75, 3.05) is 0 Å². The standard InChI is InChI=1S/C14H8N8O5S/c23-21(24)9-3-8(4-10(5-9)22(25)26)13-19-20-11(17-18-14(20)28-13)7-27-12-6-15-1-2-16-12/h1-6H,7H2. The Labute approximate surface area is 158 Å². The fourth-order valence-corrected chi connectivity index (χ4v) is 3.14. The van der Waals surface area contributed by atoms with Gasteiger partial charge in [0.05, 0.1) is 22.1 Å². The van der Waals surface area contributed by atoms with E-state index in [1.165, 1.54) is 35.2 Å². The molecule has 0 unspecified atom stereocenters. The average molecular weight is 400 g/mol. The maximum Gasteiger partial charge on any atom is 0.277 e. The van der Waals surface area contributed by atoms with Gasteiger partial charge in [0, 0.05) is 30.1 Å². The van der Waals surface area contributed by atoms with Crippen LogP contribution in [-0.2, 0) is 6.61 Å². The molecule has 0 aliphatic rings. The summed E-state index contributed by atoms with van der Waals surface area (Å²) in [6.07, 6.45) is 4.42. The van der Waals surface area contributed by atoms with E-state index in [1.54, 1.807) is 0 Å². The van der Waals surface area contributed by atoms with Crippen molar-refractivity contribution in [2.24, 2.45) is 0 Å². The van der Waals surface area contributed by atoms with E-state index in [0.29, 0.717) is 21.7 Å². The third-order valence-electron chi connectivity index (χ3n) is 3.52. The van der Waals surface area contributed by atoms with Gasteiger partial charge in [0.25, 0.3) is 11.4 Å². The summed E-state index contributed by atoms with van der Waals surface area (Å²) < 4.78 is 6.87. The van der Waals surface area contributed by atoms with Crippen LogP contribution < -0.4 is 4.74 Å². The zero-order valence-corrected chi connectivity index (χ0v) is 14.5. The highest BCUT2D eigenvalue weighted by Crippen LogP contribution is 2.32. The molecule has 1 aromatic carbocycles. The molecule has 14 heteroatoms. The van der Waals surface area contributed by atoms with Crippen molar-refractivity contribution in [1.29, 1.82) is 0 Å². The Morgan fingerprint density at radius 1 is 1.07 bits per heavy atom. The van der Waals surface area contributed by atoms with Crippen LogP contribution in [0.3, 0.4) is 0 Å². The van der Waals surface area contributed by atoms with Gasteiger partial charge in [0.15, 0.2) is 12.4 Å². The van der Waals surface area contributed by atoms with E-state index in [2.05, 4.69) is 25.3 Å². The lowest BCUT2D eigenvalue weighted by atomic mass is 10.2. The van der Waals surface area contributed by atoms with Gasteiger partial charge in [0.2, 0.25) is 10.8 Å². The minimum absolute atomic E-state index is 0.0120. The van der Waals surface area contributed by atoms with Crippen LogP contribution in [0.4, 0.5) is 11.4 Å². The molecule has 0 N–H and O–H groups in total. The van der Waals surface area contributed by atoms with Crippen LogP contribution in [0.5, 0.6) is 5.88 Å². The van der Waals surface area contributed by atoms with Gasteiger partial charge in [-0.15, -0.1) is 10.2 Å². The van der Waals surface area contributed by atoms with Gasteiger partial charge < -0.3 is 4.74 Å². The van der Waals surface area contributed by atoms with Crippen LogP contribution in [-0.4, -0.2) is 39.6 Å². The molecule has 4 rings (SSSR count). The Kier molecular flexibility index (Phi) is 4.29. The number of nitrogens with zero attached hydrogens (tertiary/aromatic N) is 8. The number of fused-ring (bicyclic) bond motifs is 1. The molecular weight excluding hydrogens is 392 g/mol. The van der Waals surface area contributed by atoms with Crippen molar-refractivity contribution in [3.05, 3.63) is 62.8 Å². The second-order valence-electron chi connectivity index (χ2n) is 5.30. The molecule has 0 radical (unpaired) electrons. The molecule has 0 aliphatic heterocycles. The minimum atomic E-state index is -0.697. The van der Waals surface area contributed by atoms with Gasteiger partial charge in [0.1, 0.15) is 5.01 Å². The van der Waals surface area contributed by atoms with Gasteiger partial charge >= 0.3 is 0 Å². The molecule has 0 aliphatic carbocycles. The third-order valence-corrected chi connectivity index (χ3v) is 4.46. The maximum absolute atomic E-state index is 11.1. The van der Waals surface area contributed by atoms with Gasteiger partial charge in [-0.1, -0.05) is 11.3 Å². The number of nitro benzene ring substituents is 2. The Morgan fingerprint density at radius 3 is 2.46 bits per heavy atom. The van der Waals surface area contributed by atoms with Crippen LogP contribution in [0.15, 0.2) is 36.8 Å². The minimum Gasteiger partial charge on any atom is -0.468 e. The molecule has 0 amide bonds. The smallest absolute Gasteiger partial charge is 0.277 e. The Bertz CT molecular complexity index is 1160. The number of non-ortho nitro benzene ring substituents is 2. The summed E-state index contributed by atoms with van der Waals surface area (Å²) in [6.45, 7) is 0.0120. The molecule has 0 saturated heterocycles. The van der Waals surface area contributed by atoms with E-state index in [1.807, 2.05) is 0 Å². The Hall–Kier alpha value is -4.07. The molecule has 4 aromatic rings. The fourth-order valence-electron chi connectivity index (χ4n) is 2.29. The van der Waals surface area contributed by atoms with Crippen LogP contribution in [0.1, 0.15) is 5.82 Å². The number of aromatic nitrogens is 6. The fraction of sp³-hybridized carbons (Fsp3) is 0.0714. The molecule has 28 heavy (non-hydrogen) atoms. The average Bonchev–Trinajstić information content (AvgIpc) is 3.28. The summed E-state index contributed by atoms with van der Waals surface area (Å²) in [5.41, 5.74) is -0.569. The van der Waals surface area contributed by atoms with E-state index in [9.17, 15) is 20.2 Å². The number of benzene rings is 1. The first-order chi connectivity index (χ1) is 13.5. The van der Waals surface area contributed by atoms with Crippen molar-refractivity contribution < 1.29 is 14.6 Å². The van der Waals surface area contributed by atoms with Crippen molar-refractivity contribution in [2.45, 2.75) is 6.61 Å². The van der Waals surface area contributed by atoms with Gasteiger partial charge in [-0.25, -0.2) is 4.98 Å². The number of rotatable bonds is 6. The Balaban J connectivity index is 1.68. The zero-order valence-electron chi connectivity index (χ0n) is 13.7. The van der Waals surface area contributed by atoms with Crippen molar-refractivity contribution in [3.8, 4) is 16.5 Å². The number of hydrogen-bond donors (Lipinski definition) is 0. The first-order valence-electron chi connectivity index (χ1n) is 7.55. The maximum atomic E-state index is 11.1. The first kappa shape index (κ1) is 17.3. The van der Waals surface area contributed by atoms with Crippen LogP contribution in [0.25, 0.3) is 15.5 Å². The van der Waals surface area contributed by atoms with Gasteiger partial charge in [-0.05, 0) is 0 Å².